The highest BCUT2D eigenvalue weighted by Crippen LogP contribution is 2.27. The van der Waals surface area contributed by atoms with Gasteiger partial charge in [0.15, 0.2) is 0 Å². The van der Waals surface area contributed by atoms with Crippen molar-refractivity contribution >= 4 is 29.1 Å². The first-order valence-electron chi connectivity index (χ1n) is 7.91. The van der Waals surface area contributed by atoms with Crippen molar-refractivity contribution in [1.82, 2.24) is 4.90 Å². The third kappa shape index (κ3) is 3.80. The van der Waals surface area contributed by atoms with Gasteiger partial charge in [0.1, 0.15) is 0 Å². The Kier molecular flexibility index (Phi) is 5.83. The van der Waals surface area contributed by atoms with E-state index >= 15 is 0 Å². The van der Waals surface area contributed by atoms with E-state index in [4.69, 9.17) is 11.6 Å². The molecular weight excluding hydrogens is 300 g/mol. The minimum absolute atomic E-state index is 0.00668. The molecule has 0 N–H and O–H groups in total. The Morgan fingerprint density at radius 1 is 1.32 bits per heavy atom. The zero-order valence-electron chi connectivity index (χ0n) is 13.2. The summed E-state index contributed by atoms with van der Waals surface area (Å²) in [5.41, 5.74) is 0.807. The van der Waals surface area contributed by atoms with Crippen molar-refractivity contribution in [2.45, 2.75) is 33.1 Å². The van der Waals surface area contributed by atoms with Gasteiger partial charge >= 0.3 is 0 Å². The van der Waals surface area contributed by atoms with Gasteiger partial charge in [0.2, 0.25) is 11.8 Å². The molecular formula is C17H23ClN2O2. The number of hydrogen-bond donors (Lipinski definition) is 0. The summed E-state index contributed by atoms with van der Waals surface area (Å²) in [7, 11) is 0. The van der Waals surface area contributed by atoms with Gasteiger partial charge in [0.25, 0.3) is 0 Å². The standard InChI is InChI=1S/C17H23ClN2O2/c1-3-5-10-19(4-2)17(22)13-11-16(21)20(12-13)15-8-6-14(18)7-9-15/h6-9,13H,3-5,10-12H2,1-2H3. The molecule has 1 atom stereocenters. The molecule has 1 aliphatic rings. The van der Waals surface area contributed by atoms with Gasteiger partial charge in [-0.05, 0) is 37.6 Å². The lowest BCUT2D eigenvalue weighted by Gasteiger charge is -2.24. The van der Waals surface area contributed by atoms with Crippen LogP contribution in [0.2, 0.25) is 5.02 Å². The van der Waals surface area contributed by atoms with Crippen LogP contribution in [0.15, 0.2) is 24.3 Å². The van der Waals surface area contributed by atoms with E-state index in [2.05, 4.69) is 6.92 Å². The summed E-state index contributed by atoms with van der Waals surface area (Å²) in [5.74, 6) is -0.132. The average molecular weight is 323 g/mol. The van der Waals surface area contributed by atoms with Crippen LogP contribution >= 0.6 is 11.6 Å². The molecule has 1 unspecified atom stereocenters. The zero-order valence-corrected chi connectivity index (χ0v) is 14.0. The molecule has 120 valence electrons. The number of hydrogen-bond acceptors (Lipinski definition) is 2. The van der Waals surface area contributed by atoms with Crippen LogP contribution in [0.5, 0.6) is 0 Å². The third-order valence-corrected chi connectivity index (χ3v) is 4.34. The van der Waals surface area contributed by atoms with E-state index in [1.165, 1.54) is 0 Å². The lowest BCUT2D eigenvalue weighted by molar-refractivity contribution is -0.135. The number of unbranched alkanes of at least 4 members (excludes halogenated alkanes) is 1. The Hall–Kier alpha value is -1.55. The lowest BCUT2D eigenvalue weighted by atomic mass is 10.1. The van der Waals surface area contributed by atoms with Crippen LogP contribution in [0.4, 0.5) is 5.69 Å². The van der Waals surface area contributed by atoms with Crippen molar-refractivity contribution in [2.24, 2.45) is 5.92 Å². The van der Waals surface area contributed by atoms with Gasteiger partial charge < -0.3 is 9.80 Å². The van der Waals surface area contributed by atoms with E-state index in [0.29, 0.717) is 24.5 Å². The number of carbonyl (C=O) groups excluding carboxylic acids is 2. The molecule has 0 spiro atoms. The van der Waals surface area contributed by atoms with Crippen molar-refractivity contribution in [3.63, 3.8) is 0 Å². The Labute approximate surface area is 137 Å². The predicted molar refractivity (Wildman–Crippen MR) is 89.1 cm³/mol. The maximum atomic E-state index is 12.6. The van der Waals surface area contributed by atoms with Gasteiger partial charge in [0, 0.05) is 36.8 Å². The Bertz CT molecular complexity index is 530. The van der Waals surface area contributed by atoms with Crippen molar-refractivity contribution in [2.75, 3.05) is 24.5 Å². The number of carbonyl (C=O) groups is 2. The predicted octanol–water partition coefficient (Wildman–Crippen LogP) is 3.34. The molecule has 22 heavy (non-hydrogen) atoms. The highest BCUT2D eigenvalue weighted by molar-refractivity contribution is 6.30. The summed E-state index contributed by atoms with van der Waals surface area (Å²) >= 11 is 5.88. The second-order valence-electron chi connectivity index (χ2n) is 5.65. The van der Waals surface area contributed by atoms with Gasteiger partial charge in [-0.25, -0.2) is 0 Å². The first-order chi connectivity index (χ1) is 10.6. The summed E-state index contributed by atoms with van der Waals surface area (Å²) in [6.07, 6.45) is 2.36. The Morgan fingerprint density at radius 3 is 2.59 bits per heavy atom. The quantitative estimate of drug-likeness (QED) is 0.806. The number of amides is 2. The fraction of sp³-hybridized carbons (Fsp3) is 0.529. The average Bonchev–Trinajstić information content (AvgIpc) is 2.90. The molecule has 4 nitrogen and oxygen atoms in total. The van der Waals surface area contributed by atoms with Crippen LogP contribution in [0.25, 0.3) is 0 Å². The lowest BCUT2D eigenvalue weighted by Crippen LogP contribution is -2.38. The van der Waals surface area contributed by atoms with E-state index in [1.807, 2.05) is 24.0 Å². The van der Waals surface area contributed by atoms with Crippen molar-refractivity contribution in [3.8, 4) is 0 Å². The van der Waals surface area contributed by atoms with E-state index in [1.54, 1.807) is 17.0 Å². The third-order valence-electron chi connectivity index (χ3n) is 4.09. The first kappa shape index (κ1) is 16.8. The summed E-state index contributed by atoms with van der Waals surface area (Å²) in [6, 6.07) is 7.17. The van der Waals surface area contributed by atoms with Crippen LogP contribution in [-0.2, 0) is 9.59 Å². The van der Waals surface area contributed by atoms with Crippen molar-refractivity contribution in [1.29, 1.82) is 0 Å². The molecule has 2 amide bonds. The van der Waals surface area contributed by atoms with Crippen LogP contribution in [0.3, 0.4) is 0 Å². The van der Waals surface area contributed by atoms with Crippen molar-refractivity contribution in [3.05, 3.63) is 29.3 Å². The fourth-order valence-corrected chi connectivity index (χ4v) is 2.90. The van der Waals surface area contributed by atoms with Gasteiger partial charge in [-0.3, -0.25) is 9.59 Å². The fourth-order valence-electron chi connectivity index (χ4n) is 2.77. The molecule has 2 rings (SSSR count). The molecule has 5 heteroatoms. The van der Waals surface area contributed by atoms with E-state index < -0.39 is 0 Å². The van der Waals surface area contributed by atoms with Crippen LogP contribution in [0, 0.1) is 5.92 Å². The number of halogens is 1. The normalized spacial score (nSPS) is 17.9. The first-order valence-corrected chi connectivity index (χ1v) is 8.29. The number of rotatable bonds is 6. The minimum Gasteiger partial charge on any atom is -0.343 e. The van der Waals surface area contributed by atoms with Gasteiger partial charge in [-0.15, -0.1) is 0 Å². The molecule has 0 aromatic heterocycles. The smallest absolute Gasteiger partial charge is 0.228 e. The van der Waals surface area contributed by atoms with E-state index in [0.717, 1.165) is 25.1 Å². The molecule has 0 radical (unpaired) electrons. The molecule has 0 bridgehead atoms. The van der Waals surface area contributed by atoms with E-state index in [9.17, 15) is 9.59 Å². The number of nitrogens with zero attached hydrogens (tertiary/aromatic N) is 2. The zero-order chi connectivity index (χ0) is 16.1. The SMILES string of the molecule is CCCCN(CC)C(=O)C1CC(=O)N(c2ccc(Cl)cc2)C1. The molecule has 1 aromatic rings. The molecule has 1 aromatic carbocycles. The number of anilines is 1. The summed E-state index contributed by atoms with van der Waals surface area (Å²) in [6.45, 7) is 6.03. The monoisotopic (exact) mass is 322 g/mol. The second-order valence-corrected chi connectivity index (χ2v) is 6.09. The molecule has 0 saturated carbocycles. The van der Waals surface area contributed by atoms with Crippen molar-refractivity contribution < 1.29 is 9.59 Å². The molecule has 1 fully saturated rings. The van der Waals surface area contributed by atoms with Crippen LogP contribution < -0.4 is 4.90 Å². The highest BCUT2D eigenvalue weighted by Gasteiger charge is 2.36. The van der Waals surface area contributed by atoms with Gasteiger partial charge in [0.05, 0.1) is 5.92 Å². The maximum Gasteiger partial charge on any atom is 0.228 e. The Balaban J connectivity index is 2.04. The summed E-state index contributed by atoms with van der Waals surface area (Å²) in [5, 5.41) is 0.639. The molecule has 1 saturated heterocycles. The maximum absolute atomic E-state index is 12.6. The topological polar surface area (TPSA) is 40.6 Å². The van der Waals surface area contributed by atoms with Gasteiger partial charge in [-0.2, -0.15) is 0 Å². The summed E-state index contributed by atoms with van der Waals surface area (Å²) in [4.78, 5) is 28.4. The highest BCUT2D eigenvalue weighted by atomic mass is 35.5. The Morgan fingerprint density at radius 2 is 2.00 bits per heavy atom. The van der Waals surface area contributed by atoms with Crippen LogP contribution in [0.1, 0.15) is 33.1 Å². The molecule has 0 aliphatic carbocycles. The molecule has 1 heterocycles. The second kappa shape index (κ2) is 7.63. The minimum atomic E-state index is -0.236. The molecule has 1 aliphatic heterocycles. The van der Waals surface area contributed by atoms with Gasteiger partial charge in [-0.1, -0.05) is 24.9 Å². The van der Waals surface area contributed by atoms with Crippen LogP contribution in [-0.4, -0.2) is 36.3 Å². The summed E-state index contributed by atoms with van der Waals surface area (Å²) < 4.78 is 0. The number of benzene rings is 1. The largest absolute Gasteiger partial charge is 0.343 e. The van der Waals surface area contributed by atoms with E-state index in [-0.39, 0.29) is 17.7 Å².